The lowest BCUT2D eigenvalue weighted by Crippen LogP contribution is -2.42. The van der Waals surface area contributed by atoms with Gasteiger partial charge in [-0.2, -0.15) is 0 Å². The predicted octanol–water partition coefficient (Wildman–Crippen LogP) is 1.42. The van der Waals surface area contributed by atoms with Crippen molar-refractivity contribution in [3.8, 4) is 0 Å². The van der Waals surface area contributed by atoms with E-state index >= 15 is 0 Å². The molecule has 2 aliphatic rings. The number of ether oxygens (including phenoxy) is 2. The zero-order valence-corrected chi connectivity index (χ0v) is 9.32. The fraction of sp³-hybridized carbons (Fsp3) is 0.667. The maximum absolute atomic E-state index is 5.76. The van der Waals surface area contributed by atoms with Crippen molar-refractivity contribution >= 4 is 0 Å². The van der Waals surface area contributed by atoms with Crippen molar-refractivity contribution in [2.24, 2.45) is 5.92 Å². The van der Waals surface area contributed by atoms with Crippen LogP contribution in [0, 0.1) is 5.92 Å². The molecule has 84 valence electrons. The van der Waals surface area contributed by atoms with E-state index in [4.69, 9.17) is 9.47 Å². The van der Waals surface area contributed by atoms with Gasteiger partial charge in [-0.1, -0.05) is 13.0 Å². The Labute approximate surface area is 91.3 Å². The van der Waals surface area contributed by atoms with Crippen LogP contribution in [-0.4, -0.2) is 44.0 Å². The minimum absolute atomic E-state index is 0.159. The van der Waals surface area contributed by atoms with Gasteiger partial charge in [-0.15, -0.1) is 6.58 Å². The molecule has 0 aromatic heterocycles. The van der Waals surface area contributed by atoms with Crippen molar-refractivity contribution in [1.29, 1.82) is 0 Å². The zero-order chi connectivity index (χ0) is 10.7. The summed E-state index contributed by atoms with van der Waals surface area (Å²) in [7, 11) is 0. The number of rotatable bonds is 3. The maximum Gasteiger partial charge on any atom is 0.130 e. The fourth-order valence-electron chi connectivity index (χ4n) is 1.94. The molecular weight excluding hydrogens is 190 g/mol. The van der Waals surface area contributed by atoms with Gasteiger partial charge in [-0.25, -0.2) is 0 Å². The molecule has 0 aromatic rings. The molecule has 2 rings (SSSR count). The third-order valence-electron chi connectivity index (χ3n) is 3.12. The summed E-state index contributed by atoms with van der Waals surface area (Å²) >= 11 is 0. The van der Waals surface area contributed by atoms with Crippen LogP contribution in [0.1, 0.15) is 6.92 Å². The van der Waals surface area contributed by atoms with Gasteiger partial charge in [0, 0.05) is 13.1 Å². The summed E-state index contributed by atoms with van der Waals surface area (Å²) in [5, 5.41) is 0. The average Bonchev–Trinajstić information content (AvgIpc) is 2.78. The maximum atomic E-state index is 5.76. The summed E-state index contributed by atoms with van der Waals surface area (Å²) in [5.74, 6) is 0.427. The lowest BCUT2D eigenvalue weighted by molar-refractivity contribution is -0.0568. The molecule has 3 heteroatoms. The highest BCUT2D eigenvalue weighted by Gasteiger charge is 2.25. The van der Waals surface area contributed by atoms with Gasteiger partial charge >= 0.3 is 0 Å². The first-order valence-electron chi connectivity index (χ1n) is 5.58. The van der Waals surface area contributed by atoms with E-state index in [0.29, 0.717) is 5.92 Å². The second kappa shape index (κ2) is 4.92. The van der Waals surface area contributed by atoms with Gasteiger partial charge in [0.2, 0.25) is 0 Å². The van der Waals surface area contributed by atoms with Gasteiger partial charge in [0.1, 0.15) is 6.23 Å². The van der Waals surface area contributed by atoms with E-state index in [9.17, 15) is 0 Å². The molecule has 0 aliphatic carbocycles. The SMILES string of the molecule is C=CC(C)C1=CC(N2CCOCC2)OC1. The standard InChI is InChI=1S/C12H19NO2/c1-3-10(2)11-8-12(15-9-11)13-4-6-14-7-5-13/h3,8,10,12H,1,4-7,9H2,2H3. The first kappa shape index (κ1) is 10.9. The summed E-state index contributed by atoms with van der Waals surface area (Å²) < 4.78 is 11.1. The lowest BCUT2D eigenvalue weighted by atomic mass is 10.0. The van der Waals surface area contributed by atoms with Crippen LogP contribution >= 0.6 is 0 Å². The Kier molecular flexibility index (Phi) is 3.57. The molecule has 1 fully saturated rings. The van der Waals surface area contributed by atoms with E-state index in [1.54, 1.807) is 0 Å². The van der Waals surface area contributed by atoms with Crippen molar-refractivity contribution in [3.63, 3.8) is 0 Å². The van der Waals surface area contributed by atoms with E-state index < -0.39 is 0 Å². The van der Waals surface area contributed by atoms with Crippen LogP contribution in [0.3, 0.4) is 0 Å². The van der Waals surface area contributed by atoms with E-state index in [-0.39, 0.29) is 6.23 Å². The molecule has 1 saturated heterocycles. The molecule has 2 unspecified atom stereocenters. The molecule has 0 N–H and O–H groups in total. The summed E-state index contributed by atoms with van der Waals surface area (Å²) in [6.07, 6.45) is 4.36. The second-order valence-electron chi connectivity index (χ2n) is 4.12. The largest absolute Gasteiger partial charge is 0.379 e. The Balaban J connectivity index is 1.94. The molecule has 0 radical (unpaired) electrons. The first-order chi connectivity index (χ1) is 7.31. The molecule has 0 bridgehead atoms. The molecular formula is C12H19NO2. The monoisotopic (exact) mass is 209 g/mol. The third kappa shape index (κ3) is 2.48. The summed E-state index contributed by atoms with van der Waals surface area (Å²) in [6, 6.07) is 0. The van der Waals surface area contributed by atoms with Crippen molar-refractivity contribution in [3.05, 3.63) is 24.3 Å². The topological polar surface area (TPSA) is 21.7 Å². The molecule has 15 heavy (non-hydrogen) atoms. The Hall–Kier alpha value is -0.640. The summed E-state index contributed by atoms with van der Waals surface area (Å²) in [4.78, 5) is 2.33. The van der Waals surface area contributed by atoms with E-state index in [1.165, 1.54) is 5.57 Å². The third-order valence-corrected chi connectivity index (χ3v) is 3.12. The van der Waals surface area contributed by atoms with Crippen LogP contribution in [0.2, 0.25) is 0 Å². The average molecular weight is 209 g/mol. The highest BCUT2D eigenvalue weighted by molar-refractivity contribution is 5.17. The van der Waals surface area contributed by atoms with Crippen molar-refractivity contribution < 1.29 is 9.47 Å². The number of nitrogens with zero attached hydrogens (tertiary/aromatic N) is 1. The molecule has 2 heterocycles. The van der Waals surface area contributed by atoms with Crippen molar-refractivity contribution in [2.75, 3.05) is 32.9 Å². The van der Waals surface area contributed by atoms with Gasteiger partial charge in [-0.05, 0) is 17.6 Å². The van der Waals surface area contributed by atoms with E-state index in [2.05, 4.69) is 24.5 Å². The quantitative estimate of drug-likeness (QED) is 0.656. The van der Waals surface area contributed by atoms with Crippen LogP contribution in [0.15, 0.2) is 24.3 Å². The molecule has 2 aliphatic heterocycles. The van der Waals surface area contributed by atoms with Crippen LogP contribution in [0.4, 0.5) is 0 Å². The highest BCUT2D eigenvalue weighted by Crippen LogP contribution is 2.22. The number of allylic oxidation sites excluding steroid dienone is 1. The van der Waals surface area contributed by atoms with Crippen LogP contribution in [-0.2, 0) is 9.47 Å². The van der Waals surface area contributed by atoms with E-state index in [0.717, 1.165) is 32.9 Å². The lowest BCUT2D eigenvalue weighted by Gasteiger charge is -2.30. The normalized spacial score (nSPS) is 29.9. The highest BCUT2D eigenvalue weighted by atomic mass is 16.5. The molecule has 0 aromatic carbocycles. The second-order valence-corrected chi connectivity index (χ2v) is 4.12. The number of morpholine rings is 1. The minimum Gasteiger partial charge on any atom is -0.379 e. The molecule has 0 amide bonds. The van der Waals surface area contributed by atoms with Crippen LogP contribution < -0.4 is 0 Å². The van der Waals surface area contributed by atoms with Gasteiger partial charge < -0.3 is 9.47 Å². The van der Waals surface area contributed by atoms with Crippen molar-refractivity contribution in [2.45, 2.75) is 13.2 Å². The van der Waals surface area contributed by atoms with Gasteiger partial charge in [0.05, 0.1) is 19.8 Å². The van der Waals surface area contributed by atoms with Gasteiger partial charge in [-0.3, -0.25) is 4.90 Å². The Morgan fingerprint density at radius 2 is 2.27 bits per heavy atom. The van der Waals surface area contributed by atoms with Gasteiger partial charge in [0.25, 0.3) is 0 Å². The van der Waals surface area contributed by atoms with Crippen LogP contribution in [0.25, 0.3) is 0 Å². The Morgan fingerprint density at radius 3 is 2.93 bits per heavy atom. The molecule has 3 nitrogen and oxygen atoms in total. The molecule has 2 atom stereocenters. The van der Waals surface area contributed by atoms with Gasteiger partial charge in [0.15, 0.2) is 0 Å². The Morgan fingerprint density at radius 1 is 1.53 bits per heavy atom. The first-order valence-corrected chi connectivity index (χ1v) is 5.58. The summed E-state index contributed by atoms with van der Waals surface area (Å²) in [5.41, 5.74) is 1.35. The van der Waals surface area contributed by atoms with E-state index in [1.807, 2.05) is 6.08 Å². The predicted molar refractivity (Wildman–Crippen MR) is 59.6 cm³/mol. The molecule has 0 spiro atoms. The number of hydrogen-bond acceptors (Lipinski definition) is 3. The van der Waals surface area contributed by atoms with Crippen LogP contribution in [0.5, 0.6) is 0 Å². The minimum atomic E-state index is 0.159. The Bertz CT molecular complexity index is 256. The molecule has 0 saturated carbocycles. The van der Waals surface area contributed by atoms with Crippen molar-refractivity contribution in [1.82, 2.24) is 4.90 Å². The smallest absolute Gasteiger partial charge is 0.130 e. The summed E-state index contributed by atoms with van der Waals surface area (Å²) in [6.45, 7) is 10.3. The number of hydrogen-bond donors (Lipinski definition) is 0. The zero-order valence-electron chi connectivity index (χ0n) is 9.32. The fourth-order valence-corrected chi connectivity index (χ4v) is 1.94.